The number of aliphatic hydroxyl groups is 1. The number of likely N-dealkylation sites (tertiary alicyclic amines) is 1. The van der Waals surface area contributed by atoms with Gasteiger partial charge in [-0.05, 0) is 76.9 Å². The molecule has 1 atom stereocenters. The fraction of sp³-hybridized carbons (Fsp3) is 0.952. The van der Waals surface area contributed by atoms with Crippen molar-refractivity contribution in [1.82, 2.24) is 15.5 Å². The van der Waals surface area contributed by atoms with E-state index in [0.29, 0.717) is 11.8 Å². The smallest absolute Gasteiger partial charge is 0.191 e. The molecule has 5 heteroatoms. The number of hydrogen-bond acceptors (Lipinski definition) is 3. The van der Waals surface area contributed by atoms with Crippen LogP contribution in [0.4, 0.5) is 0 Å². The summed E-state index contributed by atoms with van der Waals surface area (Å²) in [6.45, 7) is 13.4. The van der Waals surface area contributed by atoms with Gasteiger partial charge in [0.05, 0.1) is 0 Å². The Morgan fingerprint density at radius 3 is 2.50 bits per heavy atom. The highest BCUT2D eigenvalue weighted by molar-refractivity contribution is 5.79. The van der Waals surface area contributed by atoms with Gasteiger partial charge >= 0.3 is 0 Å². The maximum Gasteiger partial charge on any atom is 0.191 e. The lowest BCUT2D eigenvalue weighted by Gasteiger charge is -2.26. The zero-order chi connectivity index (χ0) is 19.0. The minimum Gasteiger partial charge on any atom is -0.396 e. The van der Waals surface area contributed by atoms with E-state index < -0.39 is 0 Å². The van der Waals surface area contributed by atoms with Crippen LogP contribution in [0.15, 0.2) is 4.99 Å². The van der Waals surface area contributed by atoms with Crippen LogP contribution in [0.2, 0.25) is 0 Å². The van der Waals surface area contributed by atoms with Crippen LogP contribution < -0.4 is 10.6 Å². The van der Waals surface area contributed by atoms with Crippen LogP contribution in [-0.2, 0) is 0 Å². The van der Waals surface area contributed by atoms with Gasteiger partial charge in [-0.25, -0.2) is 0 Å². The Labute approximate surface area is 162 Å². The third kappa shape index (κ3) is 11.7. The first-order valence-corrected chi connectivity index (χ1v) is 11.0. The van der Waals surface area contributed by atoms with E-state index in [0.717, 1.165) is 38.4 Å². The van der Waals surface area contributed by atoms with Crippen LogP contribution in [0.25, 0.3) is 0 Å². The molecule has 3 N–H and O–H groups in total. The van der Waals surface area contributed by atoms with Gasteiger partial charge in [-0.3, -0.25) is 4.99 Å². The number of hydrogen-bond donors (Lipinski definition) is 3. The SMILES string of the molecule is CCNC(=NCC(CCO)CC(C)C)NCCCCCN1CCCCC1. The summed E-state index contributed by atoms with van der Waals surface area (Å²) in [7, 11) is 0. The molecule has 1 rings (SSSR count). The van der Waals surface area contributed by atoms with Gasteiger partial charge in [0.1, 0.15) is 0 Å². The van der Waals surface area contributed by atoms with Gasteiger partial charge < -0.3 is 20.6 Å². The topological polar surface area (TPSA) is 59.9 Å². The van der Waals surface area contributed by atoms with Crippen molar-refractivity contribution in [2.45, 2.75) is 72.1 Å². The summed E-state index contributed by atoms with van der Waals surface area (Å²) in [4.78, 5) is 7.38. The second-order valence-electron chi connectivity index (χ2n) is 8.12. The Hall–Kier alpha value is -0.810. The number of aliphatic hydroxyl groups excluding tert-OH is 1. The van der Waals surface area contributed by atoms with Gasteiger partial charge in [0.15, 0.2) is 5.96 Å². The van der Waals surface area contributed by atoms with Crippen LogP contribution in [0.1, 0.15) is 72.1 Å². The molecule has 0 spiro atoms. The summed E-state index contributed by atoms with van der Waals surface area (Å²) in [6.07, 6.45) is 9.95. The second-order valence-corrected chi connectivity index (χ2v) is 8.12. The lowest BCUT2D eigenvalue weighted by atomic mass is 9.94. The normalized spacial score (nSPS) is 17.5. The summed E-state index contributed by atoms with van der Waals surface area (Å²) in [6, 6.07) is 0. The maximum atomic E-state index is 9.25. The molecule has 26 heavy (non-hydrogen) atoms. The molecule has 1 aliphatic heterocycles. The highest BCUT2D eigenvalue weighted by Crippen LogP contribution is 2.15. The van der Waals surface area contributed by atoms with Crippen molar-refractivity contribution in [3.63, 3.8) is 0 Å². The Morgan fingerprint density at radius 1 is 1.08 bits per heavy atom. The highest BCUT2D eigenvalue weighted by atomic mass is 16.3. The molecule has 1 heterocycles. The predicted molar refractivity (Wildman–Crippen MR) is 113 cm³/mol. The lowest BCUT2D eigenvalue weighted by Crippen LogP contribution is -2.38. The van der Waals surface area contributed by atoms with Crippen molar-refractivity contribution in [2.75, 3.05) is 45.9 Å². The van der Waals surface area contributed by atoms with E-state index in [2.05, 4.69) is 36.3 Å². The predicted octanol–water partition coefficient (Wildman–Crippen LogP) is 3.24. The van der Waals surface area contributed by atoms with Crippen molar-refractivity contribution in [1.29, 1.82) is 0 Å². The van der Waals surface area contributed by atoms with Crippen LogP contribution in [0.5, 0.6) is 0 Å². The van der Waals surface area contributed by atoms with Crippen LogP contribution in [0.3, 0.4) is 0 Å². The van der Waals surface area contributed by atoms with E-state index >= 15 is 0 Å². The quantitative estimate of drug-likeness (QED) is 0.265. The molecule has 0 aromatic carbocycles. The van der Waals surface area contributed by atoms with Crippen LogP contribution >= 0.6 is 0 Å². The Morgan fingerprint density at radius 2 is 1.85 bits per heavy atom. The first kappa shape index (κ1) is 23.2. The molecule has 0 aromatic rings. The largest absolute Gasteiger partial charge is 0.396 e. The van der Waals surface area contributed by atoms with Gasteiger partial charge in [-0.15, -0.1) is 0 Å². The van der Waals surface area contributed by atoms with Gasteiger partial charge in [0.25, 0.3) is 0 Å². The van der Waals surface area contributed by atoms with E-state index in [9.17, 15) is 5.11 Å². The summed E-state index contributed by atoms with van der Waals surface area (Å²) >= 11 is 0. The van der Waals surface area contributed by atoms with Gasteiger partial charge in [0, 0.05) is 26.2 Å². The maximum absolute atomic E-state index is 9.25. The molecule has 0 aliphatic carbocycles. The molecule has 0 aromatic heterocycles. The van der Waals surface area contributed by atoms with E-state index in [1.165, 1.54) is 58.2 Å². The van der Waals surface area contributed by atoms with E-state index in [-0.39, 0.29) is 6.61 Å². The Bertz CT molecular complexity index is 354. The number of guanidine groups is 1. The van der Waals surface area contributed by atoms with Gasteiger partial charge in [-0.2, -0.15) is 0 Å². The average molecular weight is 369 g/mol. The third-order valence-electron chi connectivity index (χ3n) is 5.09. The molecule has 0 radical (unpaired) electrons. The molecule has 5 nitrogen and oxygen atoms in total. The number of aliphatic imine (C=N–C) groups is 1. The zero-order valence-corrected chi connectivity index (χ0v) is 17.6. The number of rotatable bonds is 13. The highest BCUT2D eigenvalue weighted by Gasteiger charge is 2.11. The third-order valence-corrected chi connectivity index (χ3v) is 5.09. The molecule has 1 fully saturated rings. The molecule has 154 valence electrons. The zero-order valence-electron chi connectivity index (χ0n) is 17.6. The molecule has 0 amide bonds. The molecule has 1 aliphatic rings. The molecular weight excluding hydrogens is 324 g/mol. The van der Waals surface area contributed by atoms with Crippen LogP contribution in [-0.4, -0.2) is 61.8 Å². The first-order valence-electron chi connectivity index (χ1n) is 11.0. The monoisotopic (exact) mass is 368 g/mol. The molecule has 0 bridgehead atoms. The van der Waals surface area contributed by atoms with E-state index in [4.69, 9.17) is 4.99 Å². The fourth-order valence-corrected chi connectivity index (χ4v) is 3.72. The first-order chi connectivity index (χ1) is 12.7. The fourth-order valence-electron chi connectivity index (χ4n) is 3.72. The molecule has 0 saturated carbocycles. The lowest BCUT2D eigenvalue weighted by molar-refractivity contribution is 0.224. The average Bonchev–Trinajstić information content (AvgIpc) is 2.62. The van der Waals surface area contributed by atoms with Crippen molar-refractivity contribution >= 4 is 5.96 Å². The summed E-state index contributed by atoms with van der Waals surface area (Å²) in [5, 5.41) is 16.1. The minimum atomic E-state index is 0.258. The number of nitrogens with zero attached hydrogens (tertiary/aromatic N) is 2. The van der Waals surface area contributed by atoms with Crippen molar-refractivity contribution in [2.24, 2.45) is 16.8 Å². The van der Waals surface area contributed by atoms with Crippen molar-refractivity contribution in [3.05, 3.63) is 0 Å². The number of piperidine rings is 1. The van der Waals surface area contributed by atoms with Crippen molar-refractivity contribution < 1.29 is 5.11 Å². The summed E-state index contributed by atoms with van der Waals surface area (Å²) in [5.74, 6) is 2.05. The second kappa shape index (κ2) is 15.3. The summed E-state index contributed by atoms with van der Waals surface area (Å²) < 4.78 is 0. The van der Waals surface area contributed by atoms with Gasteiger partial charge in [0.2, 0.25) is 0 Å². The Balaban J connectivity index is 2.21. The minimum absolute atomic E-state index is 0.258. The molecule has 1 saturated heterocycles. The number of unbranched alkanes of at least 4 members (excludes halogenated alkanes) is 2. The molecule has 1 unspecified atom stereocenters. The van der Waals surface area contributed by atoms with Crippen molar-refractivity contribution in [3.8, 4) is 0 Å². The van der Waals surface area contributed by atoms with Crippen LogP contribution in [0, 0.1) is 11.8 Å². The summed E-state index contributed by atoms with van der Waals surface area (Å²) in [5.41, 5.74) is 0. The Kier molecular flexibility index (Phi) is 13.6. The standard InChI is InChI=1S/C21H44N4O/c1-4-22-21(24-18-20(11-16-26)17-19(2)3)23-12-7-5-8-13-25-14-9-6-10-15-25/h19-20,26H,4-18H2,1-3H3,(H2,22,23,24). The van der Waals surface area contributed by atoms with Gasteiger partial charge in [-0.1, -0.05) is 26.7 Å². The van der Waals surface area contributed by atoms with E-state index in [1.807, 2.05) is 0 Å². The number of nitrogens with one attached hydrogen (secondary N) is 2. The molecular formula is C21H44N4O. The van der Waals surface area contributed by atoms with E-state index in [1.54, 1.807) is 0 Å².